The minimum Gasteiger partial charge on any atom is -0.379 e. The molecule has 25 heavy (non-hydrogen) atoms. The zero-order valence-corrected chi connectivity index (χ0v) is 14.8. The molecule has 4 rings (SSSR count). The van der Waals surface area contributed by atoms with Crippen LogP contribution in [0.1, 0.15) is 0 Å². The lowest BCUT2D eigenvalue weighted by atomic mass is 10.1. The van der Waals surface area contributed by atoms with E-state index in [1.54, 1.807) is 30.5 Å². The van der Waals surface area contributed by atoms with E-state index in [1.807, 2.05) is 12.1 Å². The molecule has 1 aliphatic rings. The predicted molar refractivity (Wildman–Crippen MR) is 96.1 cm³/mol. The van der Waals surface area contributed by atoms with Gasteiger partial charge in [0.2, 0.25) is 10.0 Å². The van der Waals surface area contributed by atoms with Gasteiger partial charge in [0.05, 0.1) is 23.1 Å². The van der Waals surface area contributed by atoms with Crippen molar-refractivity contribution in [2.75, 3.05) is 26.3 Å². The molecular formula is C17H16ClN3O3S. The largest absolute Gasteiger partial charge is 0.379 e. The molecule has 0 aliphatic carbocycles. The molecule has 0 amide bonds. The van der Waals surface area contributed by atoms with Crippen LogP contribution < -0.4 is 0 Å². The molecule has 1 aromatic carbocycles. The lowest BCUT2D eigenvalue weighted by molar-refractivity contribution is 0.0730. The summed E-state index contributed by atoms with van der Waals surface area (Å²) in [4.78, 5) is 7.71. The van der Waals surface area contributed by atoms with Crippen LogP contribution in [0.3, 0.4) is 0 Å². The third kappa shape index (κ3) is 3.04. The summed E-state index contributed by atoms with van der Waals surface area (Å²) >= 11 is 6.19. The lowest BCUT2D eigenvalue weighted by Gasteiger charge is -2.26. The topological polar surface area (TPSA) is 75.3 Å². The van der Waals surface area contributed by atoms with Crippen molar-refractivity contribution in [3.63, 3.8) is 0 Å². The Labute approximate surface area is 150 Å². The highest BCUT2D eigenvalue weighted by atomic mass is 35.5. The summed E-state index contributed by atoms with van der Waals surface area (Å²) in [6.07, 6.45) is 1.63. The Hall–Kier alpha value is -1.93. The molecule has 0 spiro atoms. The summed E-state index contributed by atoms with van der Waals surface area (Å²) < 4.78 is 32.3. The molecule has 0 saturated carbocycles. The van der Waals surface area contributed by atoms with Crippen LogP contribution in [0, 0.1) is 0 Å². The van der Waals surface area contributed by atoms with Gasteiger partial charge in [-0.2, -0.15) is 4.31 Å². The number of halogens is 1. The van der Waals surface area contributed by atoms with Crippen molar-refractivity contribution < 1.29 is 13.2 Å². The Kier molecular flexibility index (Phi) is 4.24. The molecule has 0 atom stereocenters. The third-order valence-corrected chi connectivity index (χ3v) is 6.46. The van der Waals surface area contributed by atoms with Crippen LogP contribution in [0.2, 0.25) is 5.02 Å². The van der Waals surface area contributed by atoms with Crippen molar-refractivity contribution in [2.24, 2.45) is 0 Å². The summed E-state index contributed by atoms with van der Waals surface area (Å²) in [5.74, 6) is 0. The fraction of sp³-hybridized carbons (Fsp3) is 0.235. The van der Waals surface area contributed by atoms with Crippen molar-refractivity contribution in [3.05, 3.63) is 47.6 Å². The van der Waals surface area contributed by atoms with Crippen molar-refractivity contribution in [3.8, 4) is 11.3 Å². The van der Waals surface area contributed by atoms with Crippen LogP contribution in [0.15, 0.2) is 47.5 Å². The number of benzene rings is 1. The normalized spacial score (nSPS) is 16.4. The number of sulfonamides is 1. The standard InChI is InChI=1S/C17H16ClN3O3S/c18-15-4-5-19-17-14(15)11-16(20-17)12-2-1-3-13(10-12)25(22,23)21-6-8-24-9-7-21/h1-5,10-11H,6-9H2,(H,19,20). The predicted octanol–water partition coefficient (Wildman–Crippen LogP) is 2.90. The second kappa shape index (κ2) is 6.42. The van der Waals surface area contributed by atoms with Gasteiger partial charge < -0.3 is 9.72 Å². The first-order chi connectivity index (χ1) is 12.1. The number of aromatic amines is 1. The maximum atomic E-state index is 12.8. The van der Waals surface area contributed by atoms with Gasteiger partial charge in [-0.1, -0.05) is 23.7 Å². The van der Waals surface area contributed by atoms with Gasteiger partial charge in [0.25, 0.3) is 0 Å². The Morgan fingerprint density at radius 2 is 1.96 bits per heavy atom. The van der Waals surface area contributed by atoms with Gasteiger partial charge >= 0.3 is 0 Å². The molecule has 130 valence electrons. The fourth-order valence-corrected chi connectivity index (χ4v) is 4.56. The molecule has 1 aliphatic heterocycles. The maximum Gasteiger partial charge on any atom is 0.243 e. The summed E-state index contributed by atoms with van der Waals surface area (Å²) in [6.45, 7) is 1.59. The van der Waals surface area contributed by atoms with Crippen molar-refractivity contribution in [1.82, 2.24) is 14.3 Å². The number of aromatic nitrogens is 2. The average Bonchev–Trinajstić information content (AvgIpc) is 3.08. The van der Waals surface area contributed by atoms with Gasteiger partial charge in [-0.05, 0) is 29.8 Å². The highest BCUT2D eigenvalue weighted by Gasteiger charge is 2.26. The molecule has 2 aromatic heterocycles. The van der Waals surface area contributed by atoms with Crippen LogP contribution in [0.4, 0.5) is 0 Å². The molecule has 3 heterocycles. The minimum atomic E-state index is -3.53. The summed E-state index contributed by atoms with van der Waals surface area (Å²) in [6, 6.07) is 10.5. The number of pyridine rings is 1. The van der Waals surface area contributed by atoms with Crippen LogP contribution in [0.5, 0.6) is 0 Å². The Morgan fingerprint density at radius 3 is 2.72 bits per heavy atom. The van der Waals surface area contributed by atoms with Crippen molar-refractivity contribution >= 4 is 32.7 Å². The second-order valence-corrected chi connectivity index (χ2v) is 8.13. The van der Waals surface area contributed by atoms with E-state index < -0.39 is 10.0 Å². The highest BCUT2D eigenvalue weighted by molar-refractivity contribution is 7.89. The van der Waals surface area contributed by atoms with Gasteiger partial charge in [-0.3, -0.25) is 0 Å². The molecular weight excluding hydrogens is 362 g/mol. The second-order valence-electron chi connectivity index (χ2n) is 5.78. The quantitative estimate of drug-likeness (QED) is 0.761. The van der Waals surface area contributed by atoms with E-state index in [2.05, 4.69) is 9.97 Å². The molecule has 0 radical (unpaired) electrons. The zero-order chi connectivity index (χ0) is 17.4. The van der Waals surface area contributed by atoms with E-state index in [0.29, 0.717) is 37.0 Å². The number of H-pyrrole nitrogens is 1. The molecule has 3 aromatic rings. The monoisotopic (exact) mass is 377 g/mol. The van der Waals surface area contributed by atoms with E-state index in [0.717, 1.165) is 16.6 Å². The molecule has 0 bridgehead atoms. The van der Waals surface area contributed by atoms with E-state index in [4.69, 9.17) is 16.3 Å². The number of fused-ring (bicyclic) bond motifs is 1. The number of nitrogens with zero attached hydrogens (tertiary/aromatic N) is 2. The third-order valence-electron chi connectivity index (χ3n) is 4.23. The number of nitrogens with one attached hydrogen (secondary N) is 1. The fourth-order valence-electron chi connectivity index (χ4n) is 2.91. The molecule has 6 nitrogen and oxygen atoms in total. The molecule has 1 N–H and O–H groups in total. The smallest absolute Gasteiger partial charge is 0.243 e. The number of rotatable bonds is 3. The number of morpholine rings is 1. The zero-order valence-electron chi connectivity index (χ0n) is 13.3. The van der Waals surface area contributed by atoms with Crippen LogP contribution in [0.25, 0.3) is 22.3 Å². The highest BCUT2D eigenvalue weighted by Crippen LogP contribution is 2.29. The number of hydrogen-bond donors (Lipinski definition) is 1. The SMILES string of the molecule is O=S(=O)(c1cccc(-c2cc3c(Cl)ccnc3[nH]2)c1)N1CCOCC1. The van der Waals surface area contributed by atoms with Gasteiger partial charge in [0, 0.05) is 30.4 Å². The first-order valence-electron chi connectivity index (χ1n) is 7.87. The molecule has 0 unspecified atom stereocenters. The summed E-state index contributed by atoms with van der Waals surface area (Å²) in [5.41, 5.74) is 2.21. The van der Waals surface area contributed by atoms with Crippen molar-refractivity contribution in [1.29, 1.82) is 0 Å². The number of ether oxygens (including phenoxy) is 1. The Balaban J connectivity index is 1.74. The maximum absolute atomic E-state index is 12.8. The van der Waals surface area contributed by atoms with Crippen molar-refractivity contribution in [2.45, 2.75) is 4.90 Å². The molecule has 1 saturated heterocycles. The molecule has 8 heteroatoms. The average molecular weight is 378 g/mol. The first-order valence-corrected chi connectivity index (χ1v) is 9.69. The van der Waals surface area contributed by atoms with E-state index in [9.17, 15) is 8.42 Å². The van der Waals surface area contributed by atoms with Gasteiger partial charge in [-0.25, -0.2) is 13.4 Å². The van der Waals surface area contributed by atoms with Crippen LogP contribution >= 0.6 is 11.6 Å². The summed E-state index contributed by atoms with van der Waals surface area (Å²) in [7, 11) is -3.53. The van der Waals surface area contributed by atoms with Gasteiger partial charge in [-0.15, -0.1) is 0 Å². The molecule has 1 fully saturated rings. The van der Waals surface area contributed by atoms with Crippen LogP contribution in [-0.4, -0.2) is 49.0 Å². The van der Waals surface area contributed by atoms with E-state index in [1.165, 1.54) is 4.31 Å². The number of hydrogen-bond acceptors (Lipinski definition) is 4. The first kappa shape index (κ1) is 16.5. The van der Waals surface area contributed by atoms with Gasteiger partial charge in [0.1, 0.15) is 5.65 Å². The Morgan fingerprint density at radius 1 is 1.16 bits per heavy atom. The van der Waals surface area contributed by atoms with E-state index >= 15 is 0 Å². The minimum absolute atomic E-state index is 0.268. The van der Waals surface area contributed by atoms with E-state index in [-0.39, 0.29) is 4.90 Å². The van der Waals surface area contributed by atoms with Gasteiger partial charge in [0.15, 0.2) is 0 Å². The lowest BCUT2D eigenvalue weighted by Crippen LogP contribution is -2.40. The summed E-state index contributed by atoms with van der Waals surface area (Å²) in [5, 5.41) is 1.41. The Bertz CT molecular complexity index is 1030. The van der Waals surface area contributed by atoms with Crippen LogP contribution in [-0.2, 0) is 14.8 Å².